The minimum atomic E-state index is 0. The Kier molecular flexibility index (Phi) is 8.92. The number of likely N-dealkylation sites (tertiary alicyclic amines) is 1. The van der Waals surface area contributed by atoms with Crippen molar-refractivity contribution >= 4 is 46.6 Å². The van der Waals surface area contributed by atoms with Gasteiger partial charge in [-0.1, -0.05) is 43.5 Å². The predicted octanol–water partition coefficient (Wildman–Crippen LogP) is 4.09. The summed E-state index contributed by atoms with van der Waals surface area (Å²) >= 11 is 0. The van der Waals surface area contributed by atoms with E-state index in [4.69, 9.17) is 4.99 Å². The number of hydrogen-bond donors (Lipinski definition) is 2. The molecule has 6 nitrogen and oxygen atoms in total. The fourth-order valence-electron chi connectivity index (χ4n) is 4.66. The third kappa shape index (κ3) is 6.08. The molecular weight excluding hydrogens is 501 g/mol. The Hall–Kier alpha value is -1.90. The van der Waals surface area contributed by atoms with E-state index in [0.29, 0.717) is 12.5 Å². The van der Waals surface area contributed by atoms with Gasteiger partial charge in [-0.25, -0.2) is 4.99 Å². The summed E-state index contributed by atoms with van der Waals surface area (Å²) in [6.45, 7) is 5.00. The Morgan fingerprint density at radius 1 is 1.16 bits per heavy atom. The van der Waals surface area contributed by atoms with Gasteiger partial charge in [-0.3, -0.25) is 9.78 Å². The van der Waals surface area contributed by atoms with E-state index in [1.54, 1.807) is 0 Å². The highest BCUT2D eigenvalue weighted by Crippen LogP contribution is 2.26. The maximum Gasteiger partial charge on any atom is 0.225 e. The SMILES string of the molecule is CCNC(=NCc1nccc2ccccc12)NC1CCN(C(=O)C2CCCCC2)C1.I. The molecule has 1 amide bonds. The van der Waals surface area contributed by atoms with Crippen LogP contribution in [0.2, 0.25) is 0 Å². The topological polar surface area (TPSA) is 69.6 Å². The van der Waals surface area contributed by atoms with Crippen LogP contribution in [-0.2, 0) is 11.3 Å². The van der Waals surface area contributed by atoms with Crippen molar-refractivity contribution in [2.24, 2.45) is 10.9 Å². The van der Waals surface area contributed by atoms with Crippen molar-refractivity contribution in [2.75, 3.05) is 19.6 Å². The van der Waals surface area contributed by atoms with E-state index >= 15 is 0 Å². The van der Waals surface area contributed by atoms with E-state index in [-0.39, 0.29) is 35.9 Å². The number of amides is 1. The summed E-state index contributed by atoms with van der Waals surface area (Å²) < 4.78 is 0. The minimum Gasteiger partial charge on any atom is -0.357 e. The fourth-order valence-corrected chi connectivity index (χ4v) is 4.66. The Balaban J connectivity index is 0.00000272. The van der Waals surface area contributed by atoms with Crippen molar-refractivity contribution in [3.8, 4) is 0 Å². The van der Waals surface area contributed by atoms with Gasteiger partial charge in [-0.05, 0) is 37.6 Å². The number of nitrogens with one attached hydrogen (secondary N) is 2. The Morgan fingerprint density at radius 3 is 2.77 bits per heavy atom. The van der Waals surface area contributed by atoms with Crippen LogP contribution in [-0.4, -0.2) is 47.4 Å². The normalized spacial score (nSPS) is 19.8. The van der Waals surface area contributed by atoms with Crippen LogP contribution < -0.4 is 10.6 Å². The van der Waals surface area contributed by atoms with Crippen molar-refractivity contribution in [3.63, 3.8) is 0 Å². The highest BCUT2D eigenvalue weighted by molar-refractivity contribution is 14.0. The molecule has 7 heteroatoms. The average Bonchev–Trinajstić information content (AvgIpc) is 3.26. The minimum absolute atomic E-state index is 0. The zero-order valence-corrected chi connectivity index (χ0v) is 20.7. The van der Waals surface area contributed by atoms with Gasteiger partial charge in [0.2, 0.25) is 5.91 Å². The van der Waals surface area contributed by atoms with Crippen LogP contribution in [0.5, 0.6) is 0 Å². The number of rotatable bonds is 5. The van der Waals surface area contributed by atoms with Gasteiger partial charge in [-0.15, -0.1) is 24.0 Å². The van der Waals surface area contributed by atoms with E-state index in [1.807, 2.05) is 24.4 Å². The van der Waals surface area contributed by atoms with Crippen LogP contribution in [0.25, 0.3) is 10.8 Å². The predicted molar refractivity (Wildman–Crippen MR) is 137 cm³/mol. The molecule has 1 unspecified atom stereocenters. The van der Waals surface area contributed by atoms with Crippen LogP contribution in [0, 0.1) is 5.92 Å². The third-order valence-electron chi connectivity index (χ3n) is 6.28. The monoisotopic (exact) mass is 535 g/mol. The number of benzene rings is 1. The average molecular weight is 535 g/mol. The van der Waals surface area contributed by atoms with Crippen LogP contribution >= 0.6 is 24.0 Å². The first-order valence-electron chi connectivity index (χ1n) is 11.4. The first-order chi connectivity index (χ1) is 14.7. The summed E-state index contributed by atoms with van der Waals surface area (Å²) in [6.07, 6.45) is 8.62. The summed E-state index contributed by atoms with van der Waals surface area (Å²) in [5, 5.41) is 9.21. The molecule has 1 saturated heterocycles. The first kappa shape index (κ1) is 23.8. The molecule has 2 N–H and O–H groups in total. The molecule has 1 aromatic heterocycles. The Bertz CT molecular complexity index is 891. The van der Waals surface area contributed by atoms with E-state index in [2.05, 4.69) is 39.6 Å². The second-order valence-electron chi connectivity index (χ2n) is 8.42. The van der Waals surface area contributed by atoms with Crippen LogP contribution in [0.1, 0.15) is 51.1 Å². The lowest BCUT2D eigenvalue weighted by Crippen LogP contribution is -2.45. The van der Waals surface area contributed by atoms with Gasteiger partial charge in [0.25, 0.3) is 0 Å². The third-order valence-corrected chi connectivity index (χ3v) is 6.28. The van der Waals surface area contributed by atoms with Gasteiger partial charge in [-0.2, -0.15) is 0 Å². The number of halogens is 1. The largest absolute Gasteiger partial charge is 0.357 e. The van der Waals surface area contributed by atoms with Gasteiger partial charge in [0.15, 0.2) is 5.96 Å². The number of carbonyl (C=O) groups is 1. The summed E-state index contributed by atoms with van der Waals surface area (Å²) in [5.41, 5.74) is 0.978. The molecular formula is C24H34IN5O. The quantitative estimate of drug-likeness (QED) is 0.344. The molecule has 2 aliphatic rings. The van der Waals surface area contributed by atoms with Gasteiger partial charge in [0, 0.05) is 43.2 Å². The molecule has 1 aliphatic carbocycles. The highest BCUT2D eigenvalue weighted by Gasteiger charge is 2.31. The molecule has 4 rings (SSSR count). The van der Waals surface area contributed by atoms with Crippen LogP contribution in [0.3, 0.4) is 0 Å². The molecule has 1 aromatic carbocycles. The van der Waals surface area contributed by atoms with Gasteiger partial charge >= 0.3 is 0 Å². The Morgan fingerprint density at radius 2 is 1.97 bits per heavy atom. The zero-order chi connectivity index (χ0) is 20.8. The zero-order valence-electron chi connectivity index (χ0n) is 18.3. The summed E-state index contributed by atoms with van der Waals surface area (Å²) in [4.78, 5) is 24.2. The fraction of sp³-hybridized carbons (Fsp3) is 0.542. The number of hydrogen-bond acceptors (Lipinski definition) is 3. The summed E-state index contributed by atoms with van der Waals surface area (Å²) in [6, 6.07) is 10.6. The van der Waals surface area contributed by atoms with E-state index in [0.717, 1.165) is 55.9 Å². The van der Waals surface area contributed by atoms with Crippen molar-refractivity contribution in [3.05, 3.63) is 42.2 Å². The highest BCUT2D eigenvalue weighted by atomic mass is 127. The molecule has 0 bridgehead atoms. The molecule has 2 aromatic rings. The molecule has 31 heavy (non-hydrogen) atoms. The number of pyridine rings is 1. The molecule has 2 fully saturated rings. The Labute approximate surface area is 202 Å². The number of guanidine groups is 1. The van der Waals surface area contributed by atoms with Crippen molar-refractivity contribution in [2.45, 2.75) is 58.0 Å². The second-order valence-corrected chi connectivity index (χ2v) is 8.42. The van der Waals surface area contributed by atoms with Crippen molar-refractivity contribution < 1.29 is 4.79 Å². The van der Waals surface area contributed by atoms with Crippen molar-refractivity contribution in [1.29, 1.82) is 0 Å². The standard InChI is InChI=1S/C24H33N5O.HI/c1-2-25-24(27-16-22-21-11-7-6-8-18(21)12-14-26-22)28-20-13-15-29(17-20)23(30)19-9-4-3-5-10-19;/h6-8,11-12,14,19-20H,2-5,9-10,13,15-17H2,1H3,(H2,25,27,28);1H. The van der Waals surface area contributed by atoms with Crippen LogP contribution in [0.15, 0.2) is 41.5 Å². The smallest absolute Gasteiger partial charge is 0.225 e. The van der Waals surface area contributed by atoms with E-state index < -0.39 is 0 Å². The maximum absolute atomic E-state index is 12.8. The molecule has 1 atom stereocenters. The lowest BCUT2D eigenvalue weighted by molar-refractivity contribution is -0.135. The molecule has 1 aliphatic heterocycles. The van der Waals surface area contributed by atoms with Gasteiger partial charge in [0.05, 0.1) is 12.2 Å². The lowest BCUT2D eigenvalue weighted by atomic mass is 9.88. The molecule has 0 radical (unpaired) electrons. The van der Waals surface area contributed by atoms with Crippen LogP contribution in [0.4, 0.5) is 0 Å². The van der Waals surface area contributed by atoms with E-state index in [1.165, 1.54) is 24.6 Å². The lowest BCUT2D eigenvalue weighted by Gasteiger charge is -2.26. The molecule has 1 saturated carbocycles. The molecule has 2 heterocycles. The summed E-state index contributed by atoms with van der Waals surface area (Å²) in [7, 11) is 0. The number of aromatic nitrogens is 1. The van der Waals surface area contributed by atoms with E-state index in [9.17, 15) is 4.79 Å². The molecule has 0 spiro atoms. The number of carbonyl (C=O) groups excluding carboxylic acids is 1. The van der Waals surface area contributed by atoms with Gasteiger partial charge < -0.3 is 15.5 Å². The second kappa shape index (κ2) is 11.6. The van der Waals surface area contributed by atoms with Gasteiger partial charge in [0.1, 0.15) is 0 Å². The number of aliphatic imine (C=N–C) groups is 1. The number of fused-ring (bicyclic) bond motifs is 1. The summed E-state index contributed by atoms with van der Waals surface area (Å²) in [5.74, 6) is 1.40. The number of nitrogens with zero attached hydrogens (tertiary/aromatic N) is 3. The first-order valence-corrected chi connectivity index (χ1v) is 11.4. The molecule has 168 valence electrons. The van der Waals surface area contributed by atoms with Crippen molar-refractivity contribution in [1.82, 2.24) is 20.5 Å². The maximum atomic E-state index is 12.8.